The zero-order valence-corrected chi connectivity index (χ0v) is 10.7. The first kappa shape index (κ1) is 9.14. The Bertz CT molecular complexity index is 622. The molecule has 4 nitrogen and oxygen atoms in total. The van der Waals surface area contributed by atoms with Gasteiger partial charge < -0.3 is 0 Å². The third kappa shape index (κ3) is 1.33. The number of nitrogens with zero attached hydrogens (tertiary/aromatic N) is 3. The summed E-state index contributed by atoms with van der Waals surface area (Å²) in [7, 11) is 0. The number of alkyl halides is 2. The molecule has 0 saturated heterocycles. The minimum absolute atomic E-state index is 0.834. The summed E-state index contributed by atoms with van der Waals surface area (Å²) in [5.74, 6) is 0. The van der Waals surface area contributed by atoms with Crippen LogP contribution in [0.2, 0.25) is 0 Å². The third-order valence-corrected chi connectivity index (χ3v) is 5.08. The van der Waals surface area contributed by atoms with Crippen molar-refractivity contribution in [3.05, 3.63) is 24.5 Å². The standard InChI is InChI=1S/C10H11IN4/c1-11(2)15-9-5-7-3-4-12-10(7)14-8(9)6-13-15/h3-6,13H,1-2H3. The van der Waals surface area contributed by atoms with Gasteiger partial charge in [0.25, 0.3) is 0 Å². The number of aromatic nitrogens is 4. The van der Waals surface area contributed by atoms with Crippen molar-refractivity contribution in [2.45, 2.75) is 0 Å². The maximum absolute atomic E-state index is 4.50. The van der Waals surface area contributed by atoms with Crippen molar-refractivity contribution in [2.24, 2.45) is 0 Å². The molecule has 3 heterocycles. The number of H-pyrrole nitrogens is 1. The SMILES string of the molecule is CI(C)n1[nH]cc2nc3nccc3cc21. The van der Waals surface area contributed by atoms with Gasteiger partial charge in [-0.15, -0.1) is 0 Å². The minimum atomic E-state index is -1.06. The van der Waals surface area contributed by atoms with Gasteiger partial charge in [0.05, 0.1) is 0 Å². The molecule has 0 atom stereocenters. The Kier molecular flexibility index (Phi) is 1.95. The fourth-order valence-electron chi connectivity index (χ4n) is 1.67. The monoisotopic (exact) mass is 314 g/mol. The average Bonchev–Trinajstić information content (AvgIpc) is 2.77. The normalized spacial score (nSPS) is 12.5. The summed E-state index contributed by atoms with van der Waals surface area (Å²) in [6.07, 6.45) is 3.76. The molecule has 0 aliphatic heterocycles. The second kappa shape index (κ2) is 3.19. The van der Waals surface area contributed by atoms with E-state index in [1.165, 1.54) is 5.52 Å². The van der Waals surface area contributed by atoms with E-state index in [0.29, 0.717) is 0 Å². The fourth-order valence-corrected chi connectivity index (χ4v) is 3.79. The first-order valence-corrected chi connectivity index (χ1v) is 9.86. The molecule has 0 saturated carbocycles. The first-order valence-electron chi connectivity index (χ1n) is 4.58. The number of pyridine rings is 1. The quantitative estimate of drug-likeness (QED) is 0.554. The number of halogens is 1. The van der Waals surface area contributed by atoms with E-state index in [2.05, 4.69) is 33.9 Å². The molecule has 0 radical (unpaired) electrons. The molecule has 0 aromatic carbocycles. The first-order chi connectivity index (χ1) is 7.25. The van der Waals surface area contributed by atoms with Crippen molar-refractivity contribution in [3.63, 3.8) is 0 Å². The van der Waals surface area contributed by atoms with Crippen LogP contribution in [0.25, 0.3) is 22.1 Å². The van der Waals surface area contributed by atoms with Crippen LogP contribution in [0.4, 0.5) is 0 Å². The Morgan fingerprint density at radius 3 is 3.07 bits per heavy atom. The molecule has 0 spiro atoms. The van der Waals surface area contributed by atoms with Gasteiger partial charge in [-0.1, -0.05) is 0 Å². The van der Waals surface area contributed by atoms with E-state index < -0.39 is 20.1 Å². The van der Waals surface area contributed by atoms with Gasteiger partial charge in [-0.3, -0.25) is 0 Å². The summed E-state index contributed by atoms with van der Waals surface area (Å²) >= 11 is -1.06. The maximum atomic E-state index is 4.50. The van der Waals surface area contributed by atoms with Gasteiger partial charge in [0, 0.05) is 0 Å². The molecular formula is C10H11IN4. The summed E-state index contributed by atoms with van der Waals surface area (Å²) in [4.78, 5) is 13.3. The van der Waals surface area contributed by atoms with Gasteiger partial charge in [0.1, 0.15) is 0 Å². The van der Waals surface area contributed by atoms with E-state index in [0.717, 1.165) is 16.6 Å². The second-order valence-electron chi connectivity index (χ2n) is 3.52. The van der Waals surface area contributed by atoms with Gasteiger partial charge in [0.2, 0.25) is 0 Å². The van der Waals surface area contributed by atoms with E-state index in [-0.39, 0.29) is 0 Å². The Hall–Kier alpha value is -1.11. The number of hydrogen-bond acceptors (Lipinski definition) is 2. The van der Waals surface area contributed by atoms with Crippen LogP contribution in [-0.2, 0) is 0 Å². The van der Waals surface area contributed by atoms with Gasteiger partial charge in [-0.25, -0.2) is 0 Å². The van der Waals surface area contributed by atoms with Crippen LogP contribution in [0.15, 0.2) is 24.5 Å². The Balaban J connectivity index is 2.41. The van der Waals surface area contributed by atoms with Crippen LogP contribution < -0.4 is 0 Å². The Labute approximate surface area is 94.4 Å². The fraction of sp³-hybridized carbons (Fsp3) is 0.200. The molecule has 3 aromatic heterocycles. The van der Waals surface area contributed by atoms with E-state index in [4.69, 9.17) is 0 Å². The molecule has 3 rings (SSSR count). The molecule has 3 aromatic rings. The number of aromatic amines is 1. The van der Waals surface area contributed by atoms with Gasteiger partial charge in [-0.2, -0.15) is 0 Å². The topological polar surface area (TPSA) is 46.5 Å². The predicted octanol–water partition coefficient (Wildman–Crippen LogP) is 2.44. The van der Waals surface area contributed by atoms with Crippen LogP contribution >= 0.6 is 20.1 Å². The molecular weight excluding hydrogens is 303 g/mol. The molecule has 0 amide bonds. The Morgan fingerprint density at radius 1 is 1.40 bits per heavy atom. The van der Waals surface area contributed by atoms with E-state index in [9.17, 15) is 0 Å². The van der Waals surface area contributed by atoms with Crippen LogP contribution in [0, 0.1) is 0 Å². The van der Waals surface area contributed by atoms with Crippen LogP contribution in [0.5, 0.6) is 0 Å². The molecule has 0 fully saturated rings. The third-order valence-electron chi connectivity index (χ3n) is 2.35. The number of nitrogens with one attached hydrogen (secondary N) is 1. The van der Waals surface area contributed by atoms with E-state index in [1.807, 2.05) is 12.3 Å². The summed E-state index contributed by atoms with van der Waals surface area (Å²) < 4.78 is 2.26. The predicted molar refractivity (Wildman–Crippen MR) is 70.7 cm³/mol. The zero-order valence-electron chi connectivity index (χ0n) is 8.53. The van der Waals surface area contributed by atoms with Crippen LogP contribution in [-0.4, -0.2) is 27.8 Å². The molecule has 0 aliphatic carbocycles. The second-order valence-corrected chi connectivity index (χ2v) is 8.57. The molecule has 0 aliphatic rings. The van der Waals surface area contributed by atoms with Crippen molar-refractivity contribution in [3.8, 4) is 0 Å². The van der Waals surface area contributed by atoms with Gasteiger partial charge in [0.15, 0.2) is 0 Å². The van der Waals surface area contributed by atoms with E-state index in [1.54, 1.807) is 6.20 Å². The van der Waals surface area contributed by atoms with Gasteiger partial charge >= 0.3 is 94.5 Å². The summed E-state index contributed by atoms with van der Waals surface area (Å²) in [6, 6.07) is 4.17. The van der Waals surface area contributed by atoms with Crippen molar-refractivity contribution in [2.75, 3.05) is 9.86 Å². The van der Waals surface area contributed by atoms with Crippen molar-refractivity contribution in [1.29, 1.82) is 0 Å². The van der Waals surface area contributed by atoms with Crippen LogP contribution in [0.3, 0.4) is 0 Å². The molecule has 0 bridgehead atoms. The molecule has 0 unspecified atom stereocenters. The summed E-state index contributed by atoms with van der Waals surface area (Å²) in [5, 5.41) is 4.39. The molecule has 1 N–H and O–H groups in total. The molecule has 15 heavy (non-hydrogen) atoms. The summed E-state index contributed by atoms with van der Waals surface area (Å²) in [6.45, 7) is 0. The molecule has 5 heteroatoms. The number of rotatable bonds is 1. The van der Waals surface area contributed by atoms with Gasteiger partial charge in [-0.05, 0) is 0 Å². The van der Waals surface area contributed by atoms with Crippen LogP contribution in [0.1, 0.15) is 0 Å². The summed E-state index contributed by atoms with van der Waals surface area (Å²) in [5.41, 5.74) is 3.04. The van der Waals surface area contributed by atoms with E-state index >= 15 is 0 Å². The number of hydrogen-bond donors (Lipinski definition) is 1. The van der Waals surface area contributed by atoms with Crippen molar-refractivity contribution >= 4 is 42.2 Å². The average molecular weight is 314 g/mol. The zero-order chi connectivity index (χ0) is 10.4. The number of fused-ring (bicyclic) bond motifs is 2. The van der Waals surface area contributed by atoms with Crippen molar-refractivity contribution < 1.29 is 0 Å². The van der Waals surface area contributed by atoms with Crippen molar-refractivity contribution in [1.82, 2.24) is 18.0 Å². The molecule has 78 valence electrons. The Morgan fingerprint density at radius 2 is 2.27 bits per heavy atom.